The molecule has 1 unspecified atom stereocenters. The van der Waals surface area contributed by atoms with E-state index in [0.717, 1.165) is 45.3 Å². The number of nitrogen functional groups attached to an aromatic ring is 1. The van der Waals surface area contributed by atoms with Crippen molar-refractivity contribution in [3.63, 3.8) is 0 Å². The molecule has 2 aromatic rings. The van der Waals surface area contributed by atoms with E-state index in [1.165, 1.54) is 12.8 Å². The van der Waals surface area contributed by atoms with Gasteiger partial charge in [-0.3, -0.25) is 4.57 Å². The first kappa shape index (κ1) is 18.7. The SMILES string of the molecule is CCCCOc1nc(N)c2nc(OC)n(CCCC3CCCCO3)c2n1. The highest BCUT2D eigenvalue weighted by atomic mass is 16.5. The average molecular weight is 363 g/mol. The van der Waals surface area contributed by atoms with Crippen LogP contribution in [0, 0.1) is 0 Å². The highest BCUT2D eigenvalue weighted by Crippen LogP contribution is 2.26. The van der Waals surface area contributed by atoms with Crippen molar-refractivity contribution in [1.29, 1.82) is 0 Å². The van der Waals surface area contributed by atoms with Crippen molar-refractivity contribution >= 4 is 17.0 Å². The maximum Gasteiger partial charge on any atom is 0.320 e. The summed E-state index contributed by atoms with van der Waals surface area (Å²) in [6.07, 6.45) is 7.91. The maximum absolute atomic E-state index is 6.06. The van der Waals surface area contributed by atoms with Gasteiger partial charge in [-0.05, 0) is 38.5 Å². The van der Waals surface area contributed by atoms with Crippen molar-refractivity contribution in [1.82, 2.24) is 19.5 Å². The second kappa shape index (κ2) is 9.02. The first-order chi connectivity index (χ1) is 12.7. The second-order valence-corrected chi connectivity index (χ2v) is 6.65. The molecule has 1 atom stereocenters. The lowest BCUT2D eigenvalue weighted by Gasteiger charge is -2.22. The maximum atomic E-state index is 6.06. The van der Waals surface area contributed by atoms with Gasteiger partial charge >= 0.3 is 6.01 Å². The van der Waals surface area contributed by atoms with Gasteiger partial charge in [-0.1, -0.05) is 13.3 Å². The van der Waals surface area contributed by atoms with Crippen molar-refractivity contribution in [3.05, 3.63) is 0 Å². The zero-order chi connectivity index (χ0) is 18.4. The number of hydrogen-bond donors (Lipinski definition) is 1. The van der Waals surface area contributed by atoms with Crippen molar-refractivity contribution < 1.29 is 14.2 Å². The Hall–Kier alpha value is -2.09. The van der Waals surface area contributed by atoms with Gasteiger partial charge in [0, 0.05) is 13.2 Å². The second-order valence-electron chi connectivity index (χ2n) is 6.65. The molecule has 8 nitrogen and oxygen atoms in total. The fourth-order valence-electron chi connectivity index (χ4n) is 3.22. The predicted octanol–water partition coefficient (Wildman–Crippen LogP) is 2.95. The topological polar surface area (TPSA) is 97.3 Å². The quantitative estimate of drug-likeness (QED) is 0.684. The number of nitrogens with zero attached hydrogens (tertiary/aromatic N) is 4. The van der Waals surface area contributed by atoms with Crippen LogP contribution >= 0.6 is 0 Å². The number of imidazole rings is 1. The molecule has 3 heterocycles. The molecule has 1 aliphatic rings. The van der Waals surface area contributed by atoms with E-state index in [1.807, 2.05) is 4.57 Å². The Balaban J connectivity index is 1.75. The van der Waals surface area contributed by atoms with Crippen LogP contribution in [0.3, 0.4) is 0 Å². The van der Waals surface area contributed by atoms with Gasteiger partial charge in [0.1, 0.15) is 0 Å². The minimum absolute atomic E-state index is 0.294. The molecule has 0 bridgehead atoms. The number of fused-ring (bicyclic) bond motifs is 1. The summed E-state index contributed by atoms with van der Waals surface area (Å²) in [5.41, 5.74) is 7.27. The van der Waals surface area contributed by atoms with E-state index < -0.39 is 0 Å². The predicted molar refractivity (Wildman–Crippen MR) is 99.5 cm³/mol. The highest BCUT2D eigenvalue weighted by molar-refractivity contribution is 5.83. The highest BCUT2D eigenvalue weighted by Gasteiger charge is 2.19. The summed E-state index contributed by atoms with van der Waals surface area (Å²) in [6, 6.07) is 0.791. The summed E-state index contributed by atoms with van der Waals surface area (Å²) >= 11 is 0. The van der Waals surface area contributed by atoms with Crippen molar-refractivity contribution in [2.45, 2.75) is 64.5 Å². The van der Waals surface area contributed by atoms with Crippen LogP contribution in [0.1, 0.15) is 51.9 Å². The molecule has 2 N–H and O–H groups in total. The molecule has 8 heteroatoms. The molecular weight excluding hydrogens is 334 g/mol. The molecule has 0 amide bonds. The molecule has 26 heavy (non-hydrogen) atoms. The van der Waals surface area contributed by atoms with Gasteiger partial charge < -0.3 is 19.9 Å². The van der Waals surface area contributed by atoms with Crippen LogP contribution in [0.4, 0.5) is 5.82 Å². The summed E-state index contributed by atoms with van der Waals surface area (Å²) in [5.74, 6) is 0.314. The summed E-state index contributed by atoms with van der Waals surface area (Å²) in [7, 11) is 1.60. The van der Waals surface area contributed by atoms with Crippen LogP contribution in [0.25, 0.3) is 11.2 Å². The van der Waals surface area contributed by atoms with E-state index >= 15 is 0 Å². The minimum atomic E-state index is 0.294. The Morgan fingerprint density at radius 1 is 1.23 bits per heavy atom. The lowest BCUT2D eigenvalue weighted by molar-refractivity contribution is 0.00948. The van der Waals surface area contributed by atoms with Crippen LogP contribution in [0.2, 0.25) is 0 Å². The van der Waals surface area contributed by atoms with Crippen molar-refractivity contribution in [2.75, 3.05) is 26.1 Å². The smallest absolute Gasteiger partial charge is 0.320 e. The lowest BCUT2D eigenvalue weighted by atomic mass is 10.0. The van der Waals surface area contributed by atoms with Gasteiger partial charge in [0.15, 0.2) is 17.0 Å². The Labute approximate surface area is 154 Å². The summed E-state index contributed by atoms with van der Waals surface area (Å²) in [4.78, 5) is 13.2. The number of unbranched alkanes of at least 4 members (excludes halogenated alkanes) is 1. The molecule has 2 aromatic heterocycles. The van der Waals surface area contributed by atoms with E-state index in [-0.39, 0.29) is 0 Å². The molecule has 0 saturated carbocycles. The number of aromatic nitrogens is 4. The number of ether oxygens (including phenoxy) is 3. The number of rotatable bonds is 9. The van der Waals surface area contributed by atoms with E-state index in [0.29, 0.717) is 41.7 Å². The Kier molecular flexibility index (Phi) is 6.49. The number of nitrogens with two attached hydrogens (primary N) is 1. The molecule has 144 valence electrons. The van der Waals surface area contributed by atoms with Gasteiger partial charge in [0.2, 0.25) is 0 Å². The molecule has 0 radical (unpaired) electrons. The fourth-order valence-corrected chi connectivity index (χ4v) is 3.22. The van der Waals surface area contributed by atoms with Gasteiger partial charge in [-0.15, -0.1) is 0 Å². The van der Waals surface area contributed by atoms with Gasteiger partial charge in [0.25, 0.3) is 6.01 Å². The average Bonchev–Trinajstić information content (AvgIpc) is 3.01. The summed E-state index contributed by atoms with van der Waals surface area (Å²) in [6.45, 7) is 4.30. The number of aryl methyl sites for hydroxylation is 1. The van der Waals surface area contributed by atoms with Crippen molar-refractivity contribution in [3.8, 4) is 12.0 Å². The molecule has 0 aliphatic carbocycles. The van der Waals surface area contributed by atoms with Crippen LogP contribution in [0.5, 0.6) is 12.0 Å². The number of methoxy groups -OCH3 is 1. The van der Waals surface area contributed by atoms with E-state index in [1.54, 1.807) is 7.11 Å². The summed E-state index contributed by atoms with van der Waals surface area (Å²) in [5, 5.41) is 0. The molecule has 1 saturated heterocycles. The number of anilines is 1. The van der Waals surface area contributed by atoms with E-state index in [2.05, 4.69) is 21.9 Å². The Morgan fingerprint density at radius 3 is 2.85 bits per heavy atom. The summed E-state index contributed by atoms with van der Waals surface area (Å²) < 4.78 is 18.8. The van der Waals surface area contributed by atoms with Crippen LogP contribution in [0.15, 0.2) is 0 Å². The van der Waals surface area contributed by atoms with E-state index in [4.69, 9.17) is 19.9 Å². The third-order valence-corrected chi connectivity index (χ3v) is 4.66. The van der Waals surface area contributed by atoms with Crippen molar-refractivity contribution in [2.24, 2.45) is 0 Å². The fraction of sp³-hybridized carbons (Fsp3) is 0.722. The minimum Gasteiger partial charge on any atom is -0.468 e. The lowest BCUT2D eigenvalue weighted by Crippen LogP contribution is -2.19. The molecule has 1 aliphatic heterocycles. The van der Waals surface area contributed by atoms with Crippen LogP contribution in [-0.2, 0) is 11.3 Å². The van der Waals surface area contributed by atoms with Gasteiger partial charge in [-0.25, -0.2) is 0 Å². The van der Waals surface area contributed by atoms with Gasteiger partial charge in [0.05, 0.1) is 19.8 Å². The molecule has 3 rings (SSSR count). The Morgan fingerprint density at radius 2 is 2.12 bits per heavy atom. The molecule has 0 aromatic carbocycles. The first-order valence-corrected chi connectivity index (χ1v) is 9.55. The normalized spacial score (nSPS) is 17.5. The zero-order valence-electron chi connectivity index (χ0n) is 15.7. The largest absolute Gasteiger partial charge is 0.468 e. The van der Waals surface area contributed by atoms with Gasteiger partial charge in [-0.2, -0.15) is 15.0 Å². The first-order valence-electron chi connectivity index (χ1n) is 9.55. The molecular formula is C18H29N5O3. The van der Waals surface area contributed by atoms with E-state index in [9.17, 15) is 0 Å². The molecule has 0 spiro atoms. The monoisotopic (exact) mass is 363 g/mol. The zero-order valence-corrected chi connectivity index (χ0v) is 15.7. The van der Waals surface area contributed by atoms with Crippen LogP contribution < -0.4 is 15.2 Å². The number of hydrogen-bond acceptors (Lipinski definition) is 7. The van der Waals surface area contributed by atoms with Crippen LogP contribution in [-0.4, -0.2) is 45.9 Å². The Bertz CT molecular complexity index is 712. The third kappa shape index (κ3) is 4.35. The third-order valence-electron chi connectivity index (χ3n) is 4.66. The molecule has 1 fully saturated rings. The standard InChI is InChI=1S/C18H29N5O3/c1-3-4-11-26-17-21-15(19)14-16(22-17)23(18(20-14)24-2)10-7-9-13-8-5-6-12-25-13/h13H,3-12H2,1-2H3,(H2,19,21,22).